The number of hydrogen-bond donors (Lipinski definition) is 0. The number of ether oxygens (including phenoxy) is 2. The van der Waals surface area contributed by atoms with Gasteiger partial charge in [0.2, 0.25) is 0 Å². The van der Waals surface area contributed by atoms with Crippen LogP contribution in [-0.2, 0) is 11.2 Å². The Morgan fingerprint density at radius 2 is 1.47 bits per heavy atom. The first-order chi connectivity index (χ1) is 14.7. The van der Waals surface area contributed by atoms with Gasteiger partial charge >= 0.3 is 0 Å². The second kappa shape index (κ2) is 11.5. The first-order valence-electron chi connectivity index (χ1n) is 11.0. The van der Waals surface area contributed by atoms with E-state index in [-0.39, 0.29) is 6.10 Å². The molecule has 1 heterocycles. The molecule has 0 aliphatic rings. The van der Waals surface area contributed by atoms with E-state index in [4.69, 9.17) is 9.47 Å². The predicted molar refractivity (Wildman–Crippen MR) is 123 cm³/mol. The first-order valence-corrected chi connectivity index (χ1v) is 11.0. The van der Waals surface area contributed by atoms with Crippen molar-refractivity contribution in [1.82, 2.24) is 9.97 Å². The fourth-order valence-corrected chi connectivity index (χ4v) is 3.17. The Morgan fingerprint density at radius 3 is 2.10 bits per heavy atom. The normalized spacial score (nSPS) is 12.0. The number of rotatable bonds is 11. The Balaban J connectivity index is 1.57. The lowest BCUT2D eigenvalue weighted by Gasteiger charge is -2.14. The van der Waals surface area contributed by atoms with Crippen LogP contribution in [0.3, 0.4) is 0 Å². The van der Waals surface area contributed by atoms with Gasteiger partial charge in [-0.3, -0.25) is 0 Å². The molecule has 3 rings (SSSR count). The molecule has 0 aliphatic heterocycles. The fraction of sp³-hybridized carbons (Fsp3) is 0.385. The van der Waals surface area contributed by atoms with Crippen LogP contribution in [-0.4, -0.2) is 29.3 Å². The molecule has 3 aromatic rings. The summed E-state index contributed by atoms with van der Waals surface area (Å²) in [6.45, 7) is 7.73. The smallest absolute Gasteiger partial charge is 0.159 e. The van der Waals surface area contributed by atoms with Crippen LogP contribution in [0.4, 0.5) is 0 Å². The molecule has 0 saturated heterocycles. The van der Waals surface area contributed by atoms with Gasteiger partial charge in [0.05, 0.1) is 6.10 Å². The van der Waals surface area contributed by atoms with Crippen molar-refractivity contribution in [2.75, 3.05) is 13.2 Å². The minimum Gasteiger partial charge on any atom is -0.491 e. The van der Waals surface area contributed by atoms with E-state index in [1.807, 2.05) is 43.6 Å². The molecular weight excluding hydrogens is 372 g/mol. The lowest BCUT2D eigenvalue weighted by molar-refractivity contribution is 0.0309. The van der Waals surface area contributed by atoms with Crippen LogP contribution in [0, 0.1) is 0 Å². The lowest BCUT2D eigenvalue weighted by Crippen LogP contribution is -2.18. The van der Waals surface area contributed by atoms with Crippen LogP contribution in [0.15, 0.2) is 60.9 Å². The van der Waals surface area contributed by atoms with Crippen molar-refractivity contribution in [1.29, 1.82) is 0 Å². The first kappa shape index (κ1) is 22.0. The van der Waals surface area contributed by atoms with Crippen LogP contribution in [0.1, 0.15) is 45.6 Å². The van der Waals surface area contributed by atoms with Gasteiger partial charge in [0, 0.05) is 30.1 Å². The van der Waals surface area contributed by atoms with Crippen molar-refractivity contribution in [2.24, 2.45) is 0 Å². The van der Waals surface area contributed by atoms with Crippen molar-refractivity contribution in [2.45, 2.75) is 52.6 Å². The third-order valence-electron chi connectivity index (χ3n) is 4.98. The monoisotopic (exact) mass is 404 g/mol. The SMILES string of the molecule is CCCCOC(C)COc1ccc(-c2ncc(-c3ccc(CCC)cc3)cn2)cc1. The molecular formula is C26H32N2O2. The van der Waals surface area contributed by atoms with Gasteiger partial charge in [-0.05, 0) is 55.2 Å². The molecule has 0 N–H and O–H groups in total. The Bertz CT molecular complexity index is 874. The van der Waals surface area contributed by atoms with E-state index in [1.54, 1.807) is 0 Å². The van der Waals surface area contributed by atoms with E-state index in [9.17, 15) is 0 Å². The number of aromatic nitrogens is 2. The average molecular weight is 405 g/mol. The van der Waals surface area contributed by atoms with Gasteiger partial charge in [0.25, 0.3) is 0 Å². The summed E-state index contributed by atoms with van der Waals surface area (Å²) in [5.74, 6) is 1.54. The standard InChI is InChI=1S/C26H32N2O2/c1-4-6-16-29-20(3)19-30-25-14-12-23(13-15-25)26-27-17-24(18-28-26)22-10-8-21(7-5-2)9-11-22/h8-15,17-18,20H,4-7,16,19H2,1-3H3. The molecule has 1 unspecified atom stereocenters. The topological polar surface area (TPSA) is 44.2 Å². The number of aryl methyl sites for hydroxylation is 1. The second-order valence-electron chi connectivity index (χ2n) is 7.61. The molecule has 4 heteroatoms. The zero-order chi connectivity index (χ0) is 21.2. The van der Waals surface area contributed by atoms with Gasteiger partial charge < -0.3 is 9.47 Å². The molecule has 30 heavy (non-hydrogen) atoms. The highest BCUT2D eigenvalue weighted by Crippen LogP contribution is 2.23. The highest BCUT2D eigenvalue weighted by Gasteiger charge is 2.06. The van der Waals surface area contributed by atoms with E-state index < -0.39 is 0 Å². The van der Waals surface area contributed by atoms with Crippen molar-refractivity contribution in [3.05, 3.63) is 66.5 Å². The van der Waals surface area contributed by atoms with Crippen LogP contribution < -0.4 is 4.74 Å². The average Bonchev–Trinajstić information content (AvgIpc) is 2.79. The van der Waals surface area contributed by atoms with Gasteiger partial charge in [-0.1, -0.05) is 51.0 Å². The molecule has 1 aromatic heterocycles. The summed E-state index contributed by atoms with van der Waals surface area (Å²) < 4.78 is 11.5. The highest BCUT2D eigenvalue weighted by atomic mass is 16.5. The largest absolute Gasteiger partial charge is 0.491 e. The fourth-order valence-electron chi connectivity index (χ4n) is 3.17. The molecule has 0 fully saturated rings. The van der Waals surface area contributed by atoms with E-state index in [0.29, 0.717) is 12.4 Å². The van der Waals surface area contributed by atoms with E-state index in [0.717, 1.165) is 54.7 Å². The van der Waals surface area contributed by atoms with Crippen LogP contribution >= 0.6 is 0 Å². The highest BCUT2D eigenvalue weighted by molar-refractivity contribution is 5.64. The Labute approximate surface area is 180 Å². The molecule has 2 aromatic carbocycles. The van der Waals surface area contributed by atoms with Gasteiger partial charge in [-0.15, -0.1) is 0 Å². The Kier molecular flexibility index (Phi) is 8.40. The minimum atomic E-state index is 0.0862. The molecule has 0 amide bonds. The second-order valence-corrected chi connectivity index (χ2v) is 7.61. The van der Waals surface area contributed by atoms with Gasteiger partial charge in [-0.25, -0.2) is 9.97 Å². The van der Waals surface area contributed by atoms with Gasteiger partial charge in [-0.2, -0.15) is 0 Å². The summed E-state index contributed by atoms with van der Waals surface area (Å²) in [6, 6.07) is 16.5. The lowest BCUT2D eigenvalue weighted by atomic mass is 10.0. The summed E-state index contributed by atoms with van der Waals surface area (Å²) in [5.41, 5.74) is 4.50. The Hall–Kier alpha value is -2.72. The summed E-state index contributed by atoms with van der Waals surface area (Å²) in [5, 5.41) is 0. The van der Waals surface area contributed by atoms with Crippen molar-refractivity contribution in [3.63, 3.8) is 0 Å². The number of nitrogens with zero attached hydrogens (tertiary/aromatic N) is 2. The predicted octanol–water partition coefficient (Wildman–Crippen LogP) is 6.35. The maximum Gasteiger partial charge on any atom is 0.159 e. The molecule has 0 saturated carbocycles. The van der Waals surface area contributed by atoms with Crippen LogP contribution in [0.2, 0.25) is 0 Å². The van der Waals surface area contributed by atoms with Crippen molar-refractivity contribution in [3.8, 4) is 28.3 Å². The molecule has 4 nitrogen and oxygen atoms in total. The molecule has 0 aliphatic carbocycles. The van der Waals surface area contributed by atoms with Gasteiger partial charge in [0.1, 0.15) is 12.4 Å². The van der Waals surface area contributed by atoms with Gasteiger partial charge in [0.15, 0.2) is 5.82 Å². The van der Waals surface area contributed by atoms with E-state index >= 15 is 0 Å². The van der Waals surface area contributed by atoms with Crippen molar-refractivity contribution < 1.29 is 9.47 Å². The Morgan fingerprint density at radius 1 is 0.800 bits per heavy atom. The number of unbranched alkanes of at least 4 members (excludes halogenated alkanes) is 1. The van der Waals surface area contributed by atoms with Crippen LogP contribution in [0.5, 0.6) is 5.75 Å². The zero-order valence-electron chi connectivity index (χ0n) is 18.3. The third kappa shape index (κ3) is 6.39. The zero-order valence-corrected chi connectivity index (χ0v) is 18.3. The van der Waals surface area contributed by atoms with E-state index in [2.05, 4.69) is 48.1 Å². The molecule has 0 spiro atoms. The van der Waals surface area contributed by atoms with Crippen molar-refractivity contribution >= 4 is 0 Å². The quantitative estimate of drug-likeness (QED) is 0.349. The maximum atomic E-state index is 5.83. The summed E-state index contributed by atoms with van der Waals surface area (Å²) in [6.07, 6.45) is 8.36. The molecule has 0 radical (unpaired) electrons. The summed E-state index contributed by atoms with van der Waals surface area (Å²) in [4.78, 5) is 9.12. The minimum absolute atomic E-state index is 0.0862. The summed E-state index contributed by atoms with van der Waals surface area (Å²) in [7, 11) is 0. The van der Waals surface area contributed by atoms with Crippen LogP contribution in [0.25, 0.3) is 22.5 Å². The maximum absolute atomic E-state index is 5.83. The number of hydrogen-bond acceptors (Lipinski definition) is 4. The molecule has 0 bridgehead atoms. The van der Waals surface area contributed by atoms with E-state index in [1.165, 1.54) is 5.56 Å². The molecule has 158 valence electrons. The number of benzene rings is 2. The third-order valence-corrected chi connectivity index (χ3v) is 4.98. The molecule has 1 atom stereocenters. The summed E-state index contributed by atoms with van der Waals surface area (Å²) >= 11 is 0.